The Morgan fingerprint density at radius 2 is 2.19 bits per heavy atom. The highest BCUT2D eigenvalue weighted by molar-refractivity contribution is 7.13. The molecule has 1 atom stereocenters. The topological polar surface area (TPSA) is 73.1 Å². The predicted octanol–water partition coefficient (Wildman–Crippen LogP) is 2.64. The van der Waals surface area contributed by atoms with Gasteiger partial charge in [0.15, 0.2) is 0 Å². The number of hydrogen-bond acceptors (Lipinski definition) is 6. The van der Waals surface area contributed by atoms with Gasteiger partial charge in [-0.15, -0.1) is 21.5 Å². The molecule has 27 heavy (non-hydrogen) atoms. The summed E-state index contributed by atoms with van der Waals surface area (Å²) < 4.78 is 5.37. The molecule has 140 valence electrons. The first-order chi connectivity index (χ1) is 13.2. The van der Waals surface area contributed by atoms with Crippen LogP contribution in [-0.2, 0) is 17.8 Å². The molecule has 0 aliphatic carbocycles. The van der Waals surface area contributed by atoms with E-state index in [0.29, 0.717) is 18.8 Å². The van der Waals surface area contributed by atoms with Gasteiger partial charge in [0.2, 0.25) is 11.7 Å². The minimum absolute atomic E-state index is 0.0950. The molecule has 1 amide bonds. The Labute approximate surface area is 161 Å². The highest BCUT2D eigenvalue weighted by Gasteiger charge is 2.30. The van der Waals surface area contributed by atoms with Crippen molar-refractivity contribution in [3.63, 3.8) is 0 Å². The van der Waals surface area contributed by atoms with Crippen molar-refractivity contribution in [1.82, 2.24) is 25.1 Å². The Kier molecular flexibility index (Phi) is 5.15. The lowest BCUT2D eigenvalue weighted by molar-refractivity contribution is -0.131. The first-order valence-corrected chi connectivity index (χ1v) is 9.85. The van der Waals surface area contributed by atoms with Crippen molar-refractivity contribution >= 4 is 17.2 Å². The number of carbonyl (C=O) groups is 1. The summed E-state index contributed by atoms with van der Waals surface area (Å²) in [5, 5.41) is 14.8. The summed E-state index contributed by atoms with van der Waals surface area (Å²) in [5.41, 5.74) is 0.912. The van der Waals surface area contributed by atoms with Crippen molar-refractivity contribution in [1.29, 1.82) is 0 Å². The molecule has 1 aliphatic rings. The Balaban J connectivity index is 1.43. The van der Waals surface area contributed by atoms with E-state index in [0.717, 1.165) is 35.6 Å². The molecule has 1 saturated heterocycles. The summed E-state index contributed by atoms with van der Waals surface area (Å²) in [6.45, 7) is 1.33. The molecule has 4 rings (SSSR count). The van der Waals surface area contributed by atoms with E-state index in [4.69, 9.17) is 4.74 Å². The minimum atomic E-state index is 0.0950. The summed E-state index contributed by atoms with van der Waals surface area (Å²) in [4.78, 5) is 17.4. The monoisotopic (exact) mass is 383 g/mol. The van der Waals surface area contributed by atoms with Crippen LogP contribution in [-0.4, -0.2) is 50.7 Å². The van der Waals surface area contributed by atoms with Gasteiger partial charge >= 0.3 is 0 Å². The average Bonchev–Trinajstić information content (AvgIpc) is 3.44. The lowest BCUT2D eigenvalue weighted by Crippen LogP contribution is -2.39. The van der Waals surface area contributed by atoms with Gasteiger partial charge < -0.3 is 9.64 Å². The van der Waals surface area contributed by atoms with Gasteiger partial charge in [-0.25, -0.2) is 0 Å². The Morgan fingerprint density at radius 3 is 3.00 bits per heavy atom. The summed E-state index contributed by atoms with van der Waals surface area (Å²) in [5.74, 6) is 1.50. The van der Waals surface area contributed by atoms with Crippen LogP contribution in [0.3, 0.4) is 0 Å². The Morgan fingerprint density at radius 1 is 1.30 bits per heavy atom. The number of ether oxygens (including phenoxy) is 1. The van der Waals surface area contributed by atoms with Gasteiger partial charge in [0.1, 0.15) is 5.75 Å². The van der Waals surface area contributed by atoms with Gasteiger partial charge in [0.05, 0.1) is 31.0 Å². The molecule has 0 radical (unpaired) electrons. The second kappa shape index (κ2) is 7.87. The molecule has 0 unspecified atom stereocenters. The van der Waals surface area contributed by atoms with E-state index in [-0.39, 0.29) is 11.9 Å². The number of hydrogen-bond donors (Lipinski definition) is 0. The molecular formula is C19H21N5O2S. The SMILES string of the molecule is COc1ccccc1CC(=O)N1CCC[C@@H]1Cn1nnc(-c2cccs2)n1. The zero-order chi connectivity index (χ0) is 18.6. The number of thiophene rings is 1. The normalized spacial score (nSPS) is 16.6. The quantitative estimate of drug-likeness (QED) is 0.654. The number of amides is 1. The summed E-state index contributed by atoms with van der Waals surface area (Å²) in [6.07, 6.45) is 2.29. The molecule has 1 fully saturated rings. The van der Waals surface area contributed by atoms with Gasteiger partial charge in [0.25, 0.3) is 0 Å². The molecule has 1 aliphatic heterocycles. The van der Waals surface area contributed by atoms with Gasteiger partial charge in [-0.1, -0.05) is 24.3 Å². The maximum atomic E-state index is 12.9. The molecular weight excluding hydrogens is 362 g/mol. The second-order valence-electron chi connectivity index (χ2n) is 6.52. The first-order valence-electron chi connectivity index (χ1n) is 8.97. The highest BCUT2D eigenvalue weighted by atomic mass is 32.1. The van der Waals surface area contributed by atoms with Crippen LogP contribution in [0.2, 0.25) is 0 Å². The third-order valence-corrected chi connectivity index (χ3v) is 5.67. The number of aromatic nitrogens is 4. The summed E-state index contributed by atoms with van der Waals surface area (Å²) in [6, 6.07) is 11.7. The van der Waals surface area contributed by atoms with Gasteiger partial charge in [-0.3, -0.25) is 4.79 Å². The van der Waals surface area contributed by atoms with Crippen LogP contribution in [0, 0.1) is 0 Å². The Hall–Kier alpha value is -2.74. The van der Waals surface area contributed by atoms with Crippen LogP contribution in [0.1, 0.15) is 18.4 Å². The van der Waals surface area contributed by atoms with E-state index >= 15 is 0 Å². The van der Waals surface area contributed by atoms with Crippen LogP contribution < -0.4 is 4.74 Å². The van der Waals surface area contributed by atoms with Crippen molar-refractivity contribution in [3.8, 4) is 16.5 Å². The molecule has 8 heteroatoms. The fraction of sp³-hybridized carbons (Fsp3) is 0.368. The van der Waals surface area contributed by atoms with Crippen LogP contribution in [0.5, 0.6) is 5.75 Å². The van der Waals surface area contributed by atoms with Crippen molar-refractivity contribution in [3.05, 3.63) is 47.3 Å². The summed E-state index contributed by atoms with van der Waals surface area (Å²) >= 11 is 1.59. The maximum absolute atomic E-state index is 12.9. The van der Waals surface area contributed by atoms with Crippen molar-refractivity contribution in [2.75, 3.05) is 13.7 Å². The smallest absolute Gasteiger partial charge is 0.227 e. The zero-order valence-corrected chi connectivity index (χ0v) is 15.9. The van der Waals surface area contributed by atoms with Crippen molar-refractivity contribution < 1.29 is 9.53 Å². The number of carbonyl (C=O) groups excluding carboxylic acids is 1. The van der Waals surface area contributed by atoms with Gasteiger partial charge in [-0.05, 0) is 35.6 Å². The Bertz CT molecular complexity index is 908. The molecule has 7 nitrogen and oxygen atoms in total. The summed E-state index contributed by atoms with van der Waals surface area (Å²) in [7, 11) is 1.63. The molecule has 0 N–H and O–H groups in total. The number of nitrogens with zero attached hydrogens (tertiary/aromatic N) is 5. The number of tetrazole rings is 1. The van der Waals surface area contributed by atoms with Crippen LogP contribution in [0.15, 0.2) is 41.8 Å². The van der Waals surface area contributed by atoms with E-state index in [1.807, 2.05) is 46.7 Å². The molecule has 3 heterocycles. The van der Waals surface area contributed by atoms with E-state index in [9.17, 15) is 4.79 Å². The largest absolute Gasteiger partial charge is 0.496 e. The lowest BCUT2D eigenvalue weighted by Gasteiger charge is -2.24. The number of likely N-dealkylation sites (tertiary alicyclic amines) is 1. The fourth-order valence-electron chi connectivity index (χ4n) is 3.48. The van der Waals surface area contributed by atoms with E-state index in [1.54, 1.807) is 23.2 Å². The van der Waals surface area contributed by atoms with Crippen LogP contribution in [0.25, 0.3) is 10.7 Å². The molecule has 1 aromatic carbocycles. The minimum Gasteiger partial charge on any atom is -0.496 e. The van der Waals surface area contributed by atoms with Crippen molar-refractivity contribution in [2.24, 2.45) is 0 Å². The predicted molar refractivity (Wildman–Crippen MR) is 103 cm³/mol. The molecule has 0 saturated carbocycles. The lowest BCUT2D eigenvalue weighted by atomic mass is 10.1. The first kappa shape index (κ1) is 17.7. The number of benzene rings is 1. The highest BCUT2D eigenvalue weighted by Crippen LogP contribution is 2.24. The van der Waals surface area contributed by atoms with E-state index in [2.05, 4.69) is 15.4 Å². The number of methoxy groups -OCH3 is 1. The molecule has 2 aromatic heterocycles. The number of rotatable bonds is 6. The van der Waals surface area contributed by atoms with E-state index < -0.39 is 0 Å². The third kappa shape index (κ3) is 3.85. The van der Waals surface area contributed by atoms with Gasteiger partial charge in [-0.2, -0.15) is 4.80 Å². The number of para-hydroxylation sites is 1. The molecule has 0 spiro atoms. The standard InChI is InChI=1S/C19H21N5O2S/c1-26-16-8-3-2-6-14(16)12-18(25)23-10-4-7-15(23)13-24-21-19(20-22-24)17-9-5-11-27-17/h2-3,5-6,8-9,11,15H,4,7,10,12-13H2,1H3/t15-/m1/s1. The van der Waals surface area contributed by atoms with Crippen LogP contribution >= 0.6 is 11.3 Å². The third-order valence-electron chi connectivity index (χ3n) is 4.80. The maximum Gasteiger partial charge on any atom is 0.227 e. The van der Waals surface area contributed by atoms with Crippen LogP contribution in [0.4, 0.5) is 0 Å². The zero-order valence-electron chi connectivity index (χ0n) is 15.1. The molecule has 0 bridgehead atoms. The van der Waals surface area contributed by atoms with Crippen molar-refractivity contribution in [2.45, 2.75) is 31.8 Å². The molecule has 3 aromatic rings. The van der Waals surface area contributed by atoms with E-state index in [1.165, 1.54) is 0 Å². The average molecular weight is 383 g/mol. The fourth-order valence-corrected chi connectivity index (χ4v) is 4.13. The second-order valence-corrected chi connectivity index (χ2v) is 7.46. The van der Waals surface area contributed by atoms with Gasteiger partial charge in [0, 0.05) is 12.1 Å².